The van der Waals surface area contributed by atoms with Gasteiger partial charge in [0.05, 0.1) is 24.1 Å². The Hall–Kier alpha value is -2.20. The van der Waals surface area contributed by atoms with E-state index in [0.717, 1.165) is 17.1 Å². The van der Waals surface area contributed by atoms with Gasteiger partial charge in [0.2, 0.25) is 0 Å². The minimum Gasteiger partial charge on any atom is -0.375 e. The van der Waals surface area contributed by atoms with Crippen molar-refractivity contribution in [3.63, 3.8) is 0 Å². The van der Waals surface area contributed by atoms with Crippen molar-refractivity contribution in [2.45, 2.75) is 13.0 Å². The molecule has 1 unspecified atom stereocenters. The van der Waals surface area contributed by atoms with Gasteiger partial charge in [0.25, 0.3) is 0 Å². The van der Waals surface area contributed by atoms with Crippen molar-refractivity contribution >= 4 is 17.0 Å². The summed E-state index contributed by atoms with van der Waals surface area (Å²) in [5.41, 5.74) is 1.97. The molecule has 0 aliphatic rings. The van der Waals surface area contributed by atoms with E-state index >= 15 is 0 Å². The molecule has 0 spiro atoms. The number of aromatic nitrogens is 2. The lowest BCUT2D eigenvalue weighted by molar-refractivity contribution is 0.902. The molecule has 1 N–H and O–H groups in total. The molecule has 3 rings (SSSR count). The van der Waals surface area contributed by atoms with Crippen LogP contribution in [0.3, 0.4) is 0 Å². The van der Waals surface area contributed by atoms with Crippen LogP contribution in [0.25, 0.3) is 11.4 Å². The first-order valence-electron chi connectivity index (χ1n) is 6.50. The second kappa shape index (κ2) is 5.84. The molecule has 100 valence electrons. The molecule has 0 aliphatic heterocycles. The van der Waals surface area contributed by atoms with Gasteiger partial charge < -0.3 is 5.32 Å². The fourth-order valence-electron chi connectivity index (χ4n) is 2.00. The molecule has 2 aromatic heterocycles. The van der Waals surface area contributed by atoms with E-state index in [9.17, 15) is 0 Å². The Labute approximate surface area is 122 Å². The lowest BCUT2D eigenvalue weighted by Gasteiger charge is -2.13. The zero-order valence-corrected chi connectivity index (χ0v) is 12.0. The van der Waals surface area contributed by atoms with Crippen molar-refractivity contribution in [3.05, 3.63) is 65.1 Å². The normalized spacial score (nSPS) is 12.1. The summed E-state index contributed by atoms with van der Waals surface area (Å²) >= 11 is 1.75. The third kappa shape index (κ3) is 2.86. The maximum Gasteiger partial charge on any atom is 0.159 e. The average Bonchev–Trinajstić information content (AvgIpc) is 3.03. The fraction of sp³-hybridized carbons (Fsp3) is 0.125. The Bertz CT molecular complexity index is 648. The maximum atomic E-state index is 4.41. The summed E-state index contributed by atoms with van der Waals surface area (Å²) in [6, 6.07) is 14.4. The molecule has 1 atom stereocenters. The van der Waals surface area contributed by atoms with Gasteiger partial charge >= 0.3 is 0 Å². The highest BCUT2D eigenvalue weighted by atomic mass is 32.1. The predicted octanol–water partition coefficient (Wildman–Crippen LogP) is 4.38. The first-order valence-corrected chi connectivity index (χ1v) is 7.38. The quantitative estimate of drug-likeness (QED) is 0.771. The summed E-state index contributed by atoms with van der Waals surface area (Å²) < 4.78 is 0. The van der Waals surface area contributed by atoms with Crippen molar-refractivity contribution in [3.8, 4) is 11.4 Å². The number of benzene rings is 1. The summed E-state index contributed by atoms with van der Waals surface area (Å²) in [4.78, 5) is 10.1. The van der Waals surface area contributed by atoms with Crippen molar-refractivity contribution in [2.24, 2.45) is 0 Å². The smallest absolute Gasteiger partial charge is 0.159 e. The predicted molar refractivity (Wildman–Crippen MR) is 83.8 cm³/mol. The molecule has 0 fully saturated rings. The molecule has 0 saturated heterocycles. The van der Waals surface area contributed by atoms with E-state index in [1.807, 2.05) is 42.7 Å². The summed E-state index contributed by atoms with van der Waals surface area (Å²) in [6.07, 6.45) is 3.67. The minimum atomic E-state index is 0.265. The zero-order valence-electron chi connectivity index (χ0n) is 11.2. The van der Waals surface area contributed by atoms with Crippen molar-refractivity contribution < 1.29 is 0 Å². The molecule has 2 heterocycles. The van der Waals surface area contributed by atoms with E-state index in [2.05, 4.69) is 39.7 Å². The van der Waals surface area contributed by atoms with Crippen LogP contribution in [0, 0.1) is 0 Å². The van der Waals surface area contributed by atoms with Crippen LogP contribution in [0.15, 0.2) is 60.2 Å². The first-order chi connectivity index (χ1) is 9.83. The number of hydrogen-bond donors (Lipinski definition) is 1. The molecule has 0 amide bonds. The maximum absolute atomic E-state index is 4.41. The highest BCUT2D eigenvalue weighted by molar-refractivity contribution is 7.10. The van der Waals surface area contributed by atoms with Crippen LogP contribution >= 0.6 is 11.3 Å². The van der Waals surface area contributed by atoms with E-state index in [1.54, 1.807) is 11.3 Å². The monoisotopic (exact) mass is 281 g/mol. The topological polar surface area (TPSA) is 37.8 Å². The lowest BCUT2D eigenvalue weighted by atomic mass is 10.2. The van der Waals surface area contributed by atoms with Gasteiger partial charge in [0, 0.05) is 10.4 Å². The zero-order chi connectivity index (χ0) is 13.8. The molecule has 20 heavy (non-hydrogen) atoms. The first kappa shape index (κ1) is 12.8. The molecule has 0 saturated carbocycles. The number of anilines is 1. The Kier molecular flexibility index (Phi) is 3.74. The van der Waals surface area contributed by atoms with Gasteiger partial charge in [-0.25, -0.2) is 9.97 Å². The minimum absolute atomic E-state index is 0.265. The summed E-state index contributed by atoms with van der Waals surface area (Å²) in [5, 5.41) is 5.49. The molecule has 0 aliphatic carbocycles. The van der Waals surface area contributed by atoms with Gasteiger partial charge in [0.1, 0.15) is 0 Å². The third-order valence-electron chi connectivity index (χ3n) is 3.04. The number of nitrogens with one attached hydrogen (secondary N) is 1. The number of rotatable bonds is 4. The molecule has 0 radical (unpaired) electrons. The largest absolute Gasteiger partial charge is 0.375 e. The van der Waals surface area contributed by atoms with Crippen molar-refractivity contribution in [1.29, 1.82) is 0 Å². The van der Waals surface area contributed by atoms with Crippen molar-refractivity contribution in [2.75, 3.05) is 5.32 Å². The van der Waals surface area contributed by atoms with Gasteiger partial charge in [-0.05, 0) is 18.4 Å². The molecule has 3 aromatic rings. The number of nitrogens with zero attached hydrogens (tertiary/aromatic N) is 2. The molecule has 4 heteroatoms. The number of thiophene rings is 1. The van der Waals surface area contributed by atoms with E-state index in [-0.39, 0.29) is 6.04 Å². The molecular weight excluding hydrogens is 266 g/mol. The van der Waals surface area contributed by atoms with E-state index in [4.69, 9.17) is 0 Å². The fourth-order valence-corrected chi connectivity index (χ4v) is 2.73. The third-order valence-corrected chi connectivity index (χ3v) is 4.09. The molecular formula is C16H15N3S. The van der Waals surface area contributed by atoms with Crippen molar-refractivity contribution in [1.82, 2.24) is 9.97 Å². The SMILES string of the molecule is CC(Nc1cnc(-c2ccccc2)nc1)c1cccs1. The molecule has 3 nitrogen and oxygen atoms in total. The van der Waals surface area contributed by atoms with Crippen LogP contribution in [0.4, 0.5) is 5.69 Å². The summed E-state index contributed by atoms with van der Waals surface area (Å²) in [6.45, 7) is 2.14. The average molecular weight is 281 g/mol. The second-order valence-electron chi connectivity index (χ2n) is 4.54. The van der Waals surface area contributed by atoms with Gasteiger partial charge in [0.15, 0.2) is 5.82 Å². The van der Waals surface area contributed by atoms with E-state index in [0.29, 0.717) is 0 Å². The number of hydrogen-bond acceptors (Lipinski definition) is 4. The van der Waals surface area contributed by atoms with Crippen LogP contribution in [0.2, 0.25) is 0 Å². The van der Waals surface area contributed by atoms with Gasteiger partial charge in [-0.3, -0.25) is 0 Å². The summed E-state index contributed by atoms with van der Waals surface area (Å²) in [7, 11) is 0. The Morgan fingerprint density at radius 1 is 1.00 bits per heavy atom. The summed E-state index contributed by atoms with van der Waals surface area (Å²) in [5.74, 6) is 0.750. The lowest BCUT2D eigenvalue weighted by Crippen LogP contribution is -2.05. The Morgan fingerprint density at radius 2 is 1.75 bits per heavy atom. The highest BCUT2D eigenvalue weighted by Crippen LogP contribution is 2.23. The van der Waals surface area contributed by atoms with Crippen LogP contribution < -0.4 is 5.32 Å². The molecule has 1 aromatic carbocycles. The highest BCUT2D eigenvalue weighted by Gasteiger charge is 2.07. The standard InChI is InChI=1S/C16H15N3S/c1-12(15-8-5-9-20-15)19-14-10-17-16(18-11-14)13-6-3-2-4-7-13/h2-12,19H,1H3. The van der Waals surface area contributed by atoms with E-state index in [1.165, 1.54) is 4.88 Å². The van der Waals surface area contributed by atoms with E-state index < -0.39 is 0 Å². The van der Waals surface area contributed by atoms with Gasteiger partial charge in [-0.1, -0.05) is 36.4 Å². The van der Waals surface area contributed by atoms with Crippen LogP contribution in [-0.4, -0.2) is 9.97 Å². The Balaban J connectivity index is 1.74. The van der Waals surface area contributed by atoms with Crippen LogP contribution in [-0.2, 0) is 0 Å². The van der Waals surface area contributed by atoms with Gasteiger partial charge in [-0.15, -0.1) is 11.3 Å². The van der Waals surface area contributed by atoms with Crippen LogP contribution in [0.1, 0.15) is 17.8 Å². The van der Waals surface area contributed by atoms with Gasteiger partial charge in [-0.2, -0.15) is 0 Å². The second-order valence-corrected chi connectivity index (χ2v) is 5.52. The Morgan fingerprint density at radius 3 is 2.40 bits per heavy atom. The molecule has 0 bridgehead atoms. The van der Waals surface area contributed by atoms with Crippen LogP contribution in [0.5, 0.6) is 0 Å².